The van der Waals surface area contributed by atoms with Gasteiger partial charge in [-0.3, -0.25) is 10.1 Å². The Labute approximate surface area is 135 Å². The lowest BCUT2D eigenvalue weighted by molar-refractivity contribution is -0.384. The molecule has 0 aliphatic carbocycles. The maximum atomic E-state index is 11.0. The van der Waals surface area contributed by atoms with E-state index in [1.54, 1.807) is 7.11 Å². The molecule has 0 saturated carbocycles. The number of hydrogen-bond acceptors (Lipinski definition) is 4. The maximum Gasteiger partial charge on any atom is 0.292 e. The van der Waals surface area contributed by atoms with Gasteiger partial charge < -0.3 is 10.1 Å². The van der Waals surface area contributed by atoms with Gasteiger partial charge in [-0.25, -0.2) is 0 Å². The van der Waals surface area contributed by atoms with Crippen molar-refractivity contribution >= 4 is 38.9 Å². The van der Waals surface area contributed by atoms with Crippen molar-refractivity contribution in [2.45, 2.75) is 6.54 Å². The second-order valence-electron chi connectivity index (χ2n) is 4.23. The minimum absolute atomic E-state index is 0.0200. The van der Waals surface area contributed by atoms with Gasteiger partial charge in [-0.15, -0.1) is 0 Å². The summed E-state index contributed by atoms with van der Waals surface area (Å²) in [6.07, 6.45) is 0. The third-order valence-corrected chi connectivity index (χ3v) is 3.60. The normalized spacial score (nSPS) is 10.2. The fourth-order valence-corrected chi connectivity index (χ4v) is 2.47. The highest BCUT2D eigenvalue weighted by molar-refractivity contribution is 9.10. The van der Waals surface area contributed by atoms with E-state index in [0.29, 0.717) is 23.0 Å². The molecular formula is C14H12BrClN2O3. The van der Waals surface area contributed by atoms with Gasteiger partial charge in [0.15, 0.2) is 0 Å². The van der Waals surface area contributed by atoms with Gasteiger partial charge in [0.1, 0.15) is 11.4 Å². The van der Waals surface area contributed by atoms with Crippen molar-refractivity contribution in [3.8, 4) is 5.75 Å². The van der Waals surface area contributed by atoms with E-state index < -0.39 is 4.92 Å². The first-order valence-corrected chi connectivity index (χ1v) is 7.18. The van der Waals surface area contributed by atoms with E-state index in [1.807, 2.05) is 18.2 Å². The molecule has 0 spiro atoms. The largest absolute Gasteiger partial charge is 0.496 e. The zero-order valence-corrected chi connectivity index (χ0v) is 13.4. The quantitative estimate of drug-likeness (QED) is 0.614. The number of nitrogens with zero attached hydrogens (tertiary/aromatic N) is 1. The van der Waals surface area contributed by atoms with Crippen LogP contribution >= 0.6 is 27.5 Å². The van der Waals surface area contributed by atoms with Gasteiger partial charge in [0.05, 0.1) is 12.0 Å². The molecule has 2 aromatic carbocycles. The van der Waals surface area contributed by atoms with Crippen LogP contribution in [0.5, 0.6) is 5.75 Å². The van der Waals surface area contributed by atoms with Crippen LogP contribution in [0.4, 0.5) is 11.4 Å². The predicted octanol–water partition coefficient (Wildman–Crippen LogP) is 4.63. The average Bonchev–Trinajstić information content (AvgIpc) is 2.45. The first-order valence-electron chi connectivity index (χ1n) is 6.01. The summed E-state index contributed by atoms with van der Waals surface area (Å²) in [6.45, 7) is 0.379. The Hall–Kier alpha value is -1.79. The van der Waals surface area contributed by atoms with Gasteiger partial charge >= 0.3 is 0 Å². The molecule has 7 heteroatoms. The molecular weight excluding hydrogens is 360 g/mol. The minimum atomic E-state index is -0.448. The number of nitro groups is 1. The average molecular weight is 372 g/mol. The molecule has 0 radical (unpaired) electrons. The molecule has 5 nitrogen and oxygen atoms in total. The van der Waals surface area contributed by atoms with Crippen molar-refractivity contribution in [2.75, 3.05) is 12.4 Å². The summed E-state index contributed by atoms with van der Waals surface area (Å²) in [5.74, 6) is 0.704. The second kappa shape index (κ2) is 6.78. The summed E-state index contributed by atoms with van der Waals surface area (Å²) in [4.78, 5) is 10.6. The number of nitro benzene ring substituents is 1. The SMILES string of the molecule is COc1ccc(Br)cc1CNc1cc(Cl)ccc1[N+](=O)[O-]. The third kappa shape index (κ3) is 3.86. The Bertz CT molecular complexity index is 679. The molecule has 0 fully saturated rings. The molecule has 0 saturated heterocycles. The smallest absolute Gasteiger partial charge is 0.292 e. The lowest BCUT2D eigenvalue weighted by Crippen LogP contribution is -2.04. The highest BCUT2D eigenvalue weighted by Crippen LogP contribution is 2.29. The van der Waals surface area contributed by atoms with Crippen molar-refractivity contribution in [1.29, 1.82) is 0 Å². The first-order chi connectivity index (χ1) is 10.0. The monoisotopic (exact) mass is 370 g/mol. The molecule has 0 aliphatic heterocycles. The summed E-state index contributed by atoms with van der Waals surface area (Å²) in [6, 6.07) is 9.98. The van der Waals surface area contributed by atoms with Crippen molar-refractivity contribution in [2.24, 2.45) is 0 Å². The van der Waals surface area contributed by atoms with E-state index >= 15 is 0 Å². The summed E-state index contributed by atoms with van der Waals surface area (Å²) < 4.78 is 6.17. The van der Waals surface area contributed by atoms with Crippen LogP contribution in [0.3, 0.4) is 0 Å². The van der Waals surface area contributed by atoms with Gasteiger partial charge in [0, 0.05) is 27.7 Å². The number of ether oxygens (including phenoxy) is 1. The van der Waals surface area contributed by atoms with Crippen molar-refractivity contribution in [3.63, 3.8) is 0 Å². The van der Waals surface area contributed by atoms with Crippen LogP contribution in [0.15, 0.2) is 40.9 Å². The van der Waals surface area contributed by atoms with Crippen LogP contribution in [-0.2, 0) is 6.54 Å². The highest BCUT2D eigenvalue weighted by Gasteiger charge is 2.14. The second-order valence-corrected chi connectivity index (χ2v) is 5.58. The van der Waals surface area contributed by atoms with Crippen LogP contribution in [0.25, 0.3) is 0 Å². The summed E-state index contributed by atoms with van der Waals surface area (Å²) in [5.41, 5.74) is 1.23. The number of halogens is 2. The molecule has 0 atom stereocenters. The summed E-state index contributed by atoms with van der Waals surface area (Å²) in [5, 5.41) is 14.5. The molecule has 0 amide bonds. The molecule has 110 valence electrons. The van der Waals surface area contributed by atoms with Crippen LogP contribution in [0, 0.1) is 10.1 Å². The summed E-state index contributed by atoms with van der Waals surface area (Å²) >= 11 is 9.28. The molecule has 0 aromatic heterocycles. The van der Waals surface area contributed by atoms with Crippen LogP contribution in [-0.4, -0.2) is 12.0 Å². The summed E-state index contributed by atoms with van der Waals surface area (Å²) in [7, 11) is 1.58. The Kier molecular flexibility index (Phi) is 5.03. The Balaban J connectivity index is 2.26. The minimum Gasteiger partial charge on any atom is -0.496 e. The van der Waals surface area contributed by atoms with E-state index in [1.165, 1.54) is 18.2 Å². The molecule has 0 bridgehead atoms. The Morgan fingerprint density at radius 1 is 1.33 bits per heavy atom. The number of anilines is 1. The van der Waals surface area contributed by atoms with E-state index in [9.17, 15) is 10.1 Å². The fourth-order valence-electron chi connectivity index (χ4n) is 1.88. The van der Waals surface area contributed by atoms with Crippen LogP contribution in [0.2, 0.25) is 5.02 Å². The standard InChI is InChI=1S/C14H12BrClN2O3/c1-21-14-5-2-10(15)6-9(14)8-17-12-7-11(16)3-4-13(12)18(19)20/h2-7,17H,8H2,1H3. The van der Waals surface area contributed by atoms with Gasteiger partial charge in [0.25, 0.3) is 5.69 Å². The molecule has 0 aliphatic rings. The van der Waals surface area contributed by atoms with Gasteiger partial charge in [-0.1, -0.05) is 27.5 Å². The van der Waals surface area contributed by atoms with Gasteiger partial charge in [-0.05, 0) is 30.3 Å². The van der Waals surface area contributed by atoms with Crippen molar-refractivity contribution in [3.05, 3.63) is 61.6 Å². The van der Waals surface area contributed by atoms with E-state index in [0.717, 1.165) is 10.0 Å². The van der Waals surface area contributed by atoms with Crippen molar-refractivity contribution < 1.29 is 9.66 Å². The molecule has 0 unspecified atom stereocenters. The zero-order chi connectivity index (χ0) is 15.4. The molecule has 0 heterocycles. The first kappa shape index (κ1) is 15.6. The zero-order valence-electron chi connectivity index (χ0n) is 11.1. The molecule has 1 N–H and O–H groups in total. The third-order valence-electron chi connectivity index (χ3n) is 2.87. The number of benzene rings is 2. The lowest BCUT2D eigenvalue weighted by Gasteiger charge is -2.11. The number of rotatable bonds is 5. The van der Waals surface area contributed by atoms with E-state index in [-0.39, 0.29) is 5.69 Å². The number of hydrogen-bond donors (Lipinski definition) is 1. The molecule has 2 rings (SSSR count). The molecule has 21 heavy (non-hydrogen) atoms. The topological polar surface area (TPSA) is 64.4 Å². The van der Waals surface area contributed by atoms with E-state index in [2.05, 4.69) is 21.2 Å². The highest BCUT2D eigenvalue weighted by atomic mass is 79.9. The predicted molar refractivity (Wildman–Crippen MR) is 86.1 cm³/mol. The van der Waals surface area contributed by atoms with Crippen molar-refractivity contribution in [1.82, 2.24) is 0 Å². The van der Waals surface area contributed by atoms with Crippen LogP contribution in [0.1, 0.15) is 5.56 Å². The Morgan fingerprint density at radius 3 is 2.76 bits per heavy atom. The number of nitrogens with one attached hydrogen (secondary N) is 1. The molecule has 2 aromatic rings. The maximum absolute atomic E-state index is 11.0. The van der Waals surface area contributed by atoms with Gasteiger partial charge in [-0.2, -0.15) is 0 Å². The lowest BCUT2D eigenvalue weighted by atomic mass is 10.2. The van der Waals surface area contributed by atoms with Gasteiger partial charge in [0.2, 0.25) is 0 Å². The number of methoxy groups -OCH3 is 1. The van der Waals surface area contributed by atoms with Crippen LogP contribution < -0.4 is 10.1 Å². The Morgan fingerprint density at radius 2 is 2.10 bits per heavy atom. The van der Waals surface area contributed by atoms with E-state index in [4.69, 9.17) is 16.3 Å². The fraction of sp³-hybridized carbons (Fsp3) is 0.143.